The maximum Gasteiger partial charge on any atom is 0.200 e. The molecule has 0 heterocycles. The van der Waals surface area contributed by atoms with Gasteiger partial charge in [-0.25, -0.2) is 4.39 Å². The lowest BCUT2D eigenvalue weighted by atomic mass is 10.1. The predicted octanol–water partition coefficient (Wildman–Crippen LogP) is 3.49. The zero-order valence-corrected chi connectivity index (χ0v) is 11.1. The third-order valence-electron chi connectivity index (χ3n) is 2.67. The predicted molar refractivity (Wildman–Crippen MR) is 73.8 cm³/mol. The minimum Gasteiger partial charge on any atom is -0.494 e. The molecule has 0 aliphatic heterocycles. The van der Waals surface area contributed by atoms with Crippen LogP contribution in [0.25, 0.3) is 0 Å². The molecule has 0 spiro atoms. The first-order valence-electron chi connectivity index (χ1n) is 6.33. The highest BCUT2D eigenvalue weighted by Crippen LogP contribution is 2.14. The summed E-state index contributed by atoms with van der Waals surface area (Å²) in [5, 5.41) is 0. The topological polar surface area (TPSA) is 35.5 Å². The van der Waals surface area contributed by atoms with Crippen LogP contribution in [-0.4, -0.2) is 19.0 Å². The Hall–Kier alpha value is -2.36. The molecule has 0 fully saturated rings. The molecule has 0 saturated heterocycles. The second-order valence-electron chi connectivity index (χ2n) is 4.12. The van der Waals surface area contributed by atoms with E-state index >= 15 is 0 Å². The van der Waals surface area contributed by atoms with Crippen molar-refractivity contribution in [1.82, 2.24) is 0 Å². The van der Waals surface area contributed by atoms with E-state index in [0.717, 1.165) is 5.75 Å². The first-order valence-corrected chi connectivity index (χ1v) is 6.33. The van der Waals surface area contributed by atoms with Crippen molar-refractivity contribution in [2.75, 3.05) is 13.2 Å². The van der Waals surface area contributed by atoms with E-state index in [2.05, 4.69) is 0 Å². The second-order valence-corrected chi connectivity index (χ2v) is 4.12. The number of ether oxygens (including phenoxy) is 2. The van der Waals surface area contributed by atoms with Crippen LogP contribution in [0.15, 0.2) is 48.5 Å². The summed E-state index contributed by atoms with van der Waals surface area (Å²) in [5.41, 5.74) is 0.551. The maximum atomic E-state index is 12.7. The lowest BCUT2D eigenvalue weighted by Gasteiger charge is -2.06. The van der Waals surface area contributed by atoms with Gasteiger partial charge < -0.3 is 9.47 Å². The molecule has 0 atom stereocenters. The van der Waals surface area contributed by atoms with Crippen LogP contribution in [0.3, 0.4) is 0 Å². The molecule has 0 unspecified atom stereocenters. The zero-order valence-electron chi connectivity index (χ0n) is 11.1. The monoisotopic (exact) mass is 274 g/mol. The number of rotatable bonds is 6. The van der Waals surface area contributed by atoms with Gasteiger partial charge in [-0.2, -0.15) is 0 Å². The molecule has 0 N–H and O–H groups in total. The Morgan fingerprint density at radius 3 is 2.10 bits per heavy atom. The Morgan fingerprint density at radius 2 is 1.50 bits per heavy atom. The Bertz CT molecular complexity index is 561. The molecular weight excluding hydrogens is 259 g/mol. The summed E-state index contributed by atoms with van der Waals surface area (Å²) in [6, 6.07) is 12.4. The van der Waals surface area contributed by atoms with Gasteiger partial charge in [-0.3, -0.25) is 4.79 Å². The molecule has 0 aliphatic rings. The van der Waals surface area contributed by atoms with Crippen molar-refractivity contribution in [2.45, 2.75) is 6.92 Å². The molecule has 2 rings (SSSR count). The third kappa shape index (κ3) is 3.82. The van der Waals surface area contributed by atoms with Gasteiger partial charge in [-0.05, 0) is 55.5 Å². The fourth-order valence-corrected chi connectivity index (χ4v) is 1.67. The highest BCUT2D eigenvalue weighted by Gasteiger charge is 2.07. The van der Waals surface area contributed by atoms with Gasteiger partial charge in [0.05, 0.1) is 6.61 Å². The Balaban J connectivity index is 1.92. The van der Waals surface area contributed by atoms with E-state index in [1.165, 1.54) is 24.3 Å². The molecular formula is C16H15FO3. The quantitative estimate of drug-likeness (QED) is 0.756. The number of carbonyl (C=O) groups excluding carboxylic acids is 1. The third-order valence-corrected chi connectivity index (χ3v) is 2.67. The molecule has 0 amide bonds. The highest BCUT2D eigenvalue weighted by atomic mass is 19.1. The van der Waals surface area contributed by atoms with Crippen molar-refractivity contribution in [3.8, 4) is 11.5 Å². The molecule has 0 aliphatic carbocycles. The van der Waals surface area contributed by atoms with E-state index in [9.17, 15) is 9.18 Å². The van der Waals surface area contributed by atoms with Crippen LogP contribution in [0.1, 0.15) is 17.3 Å². The SMILES string of the molecule is CCOc1ccc(C(=O)COc2ccc(F)cc2)cc1. The van der Waals surface area contributed by atoms with Gasteiger partial charge in [0, 0.05) is 5.56 Å². The summed E-state index contributed by atoms with van der Waals surface area (Å²) >= 11 is 0. The lowest BCUT2D eigenvalue weighted by Crippen LogP contribution is -2.11. The standard InChI is InChI=1S/C16H15FO3/c1-2-19-14-7-3-12(4-8-14)16(18)11-20-15-9-5-13(17)6-10-15/h3-10H,2,11H2,1H3. The minimum atomic E-state index is -0.338. The van der Waals surface area contributed by atoms with Crippen molar-refractivity contribution in [2.24, 2.45) is 0 Å². The van der Waals surface area contributed by atoms with E-state index in [1.54, 1.807) is 24.3 Å². The first kappa shape index (κ1) is 14.1. The number of ketones is 1. The van der Waals surface area contributed by atoms with Gasteiger partial charge >= 0.3 is 0 Å². The summed E-state index contributed by atoms with van der Waals surface area (Å²) in [4.78, 5) is 11.9. The molecule has 0 radical (unpaired) electrons. The van der Waals surface area contributed by atoms with E-state index < -0.39 is 0 Å². The Labute approximate surface area is 117 Å². The van der Waals surface area contributed by atoms with Crippen molar-refractivity contribution < 1.29 is 18.7 Å². The van der Waals surface area contributed by atoms with Gasteiger partial charge in [0.2, 0.25) is 0 Å². The van der Waals surface area contributed by atoms with Crippen molar-refractivity contribution in [1.29, 1.82) is 0 Å². The first-order chi connectivity index (χ1) is 9.69. The van der Waals surface area contributed by atoms with Gasteiger partial charge in [0.1, 0.15) is 17.3 Å². The molecule has 2 aromatic rings. The van der Waals surface area contributed by atoms with E-state index in [1.807, 2.05) is 6.92 Å². The number of halogens is 1. The van der Waals surface area contributed by atoms with E-state index in [0.29, 0.717) is 17.9 Å². The zero-order chi connectivity index (χ0) is 14.4. The molecule has 3 nitrogen and oxygen atoms in total. The average molecular weight is 274 g/mol. The van der Waals surface area contributed by atoms with Crippen LogP contribution in [0.2, 0.25) is 0 Å². The van der Waals surface area contributed by atoms with Crippen LogP contribution in [0.5, 0.6) is 11.5 Å². The van der Waals surface area contributed by atoms with Crippen molar-refractivity contribution >= 4 is 5.78 Å². The summed E-state index contributed by atoms with van der Waals surface area (Å²) in [6.07, 6.45) is 0. The van der Waals surface area contributed by atoms with Crippen LogP contribution < -0.4 is 9.47 Å². The maximum absolute atomic E-state index is 12.7. The van der Waals surface area contributed by atoms with Crippen LogP contribution in [0, 0.1) is 5.82 Å². The van der Waals surface area contributed by atoms with E-state index in [4.69, 9.17) is 9.47 Å². The van der Waals surface area contributed by atoms with Gasteiger partial charge in [-0.1, -0.05) is 0 Å². The minimum absolute atomic E-state index is 0.0837. The van der Waals surface area contributed by atoms with Gasteiger partial charge in [-0.15, -0.1) is 0 Å². The number of Topliss-reactive ketones (excluding diaryl/α,β-unsaturated/α-hetero) is 1. The Morgan fingerprint density at radius 1 is 0.950 bits per heavy atom. The molecule has 2 aromatic carbocycles. The van der Waals surface area contributed by atoms with Crippen LogP contribution in [0.4, 0.5) is 4.39 Å². The van der Waals surface area contributed by atoms with Crippen molar-refractivity contribution in [3.63, 3.8) is 0 Å². The van der Waals surface area contributed by atoms with Crippen LogP contribution >= 0.6 is 0 Å². The molecule has 0 bridgehead atoms. The summed E-state index contributed by atoms with van der Waals surface area (Å²) in [7, 11) is 0. The van der Waals surface area contributed by atoms with Crippen LogP contribution in [-0.2, 0) is 0 Å². The molecule has 20 heavy (non-hydrogen) atoms. The largest absolute Gasteiger partial charge is 0.494 e. The molecule has 104 valence electrons. The van der Waals surface area contributed by atoms with Gasteiger partial charge in [0.15, 0.2) is 12.4 Å². The molecule has 0 aromatic heterocycles. The second kappa shape index (κ2) is 6.70. The summed E-state index contributed by atoms with van der Waals surface area (Å²) in [5.74, 6) is 0.710. The highest BCUT2D eigenvalue weighted by molar-refractivity contribution is 5.97. The smallest absolute Gasteiger partial charge is 0.200 e. The molecule has 4 heteroatoms. The average Bonchev–Trinajstić information content (AvgIpc) is 2.47. The lowest BCUT2D eigenvalue weighted by molar-refractivity contribution is 0.0921. The normalized spacial score (nSPS) is 10.1. The molecule has 0 saturated carbocycles. The summed E-state index contributed by atoms with van der Waals surface area (Å²) in [6.45, 7) is 2.40. The number of carbonyl (C=O) groups is 1. The van der Waals surface area contributed by atoms with E-state index in [-0.39, 0.29) is 18.2 Å². The Kier molecular flexibility index (Phi) is 4.71. The number of hydrogen-bond acceptors (Lipinski definition) is 3. The van der Waals surface area contributed by atoms with Crippen molar-refractivity contribution in [3.05, 3.63) is 59.9 Å². The fourth-order valence-electron chi connectivity index (χ4n) is 1.67. The van der Waals surface area contributed by atoms with Gasteiger partial charge in [0.25, 0.3) is 0 Å². The fraction of sp³-hybridized carbons (Fsp3) is 0.188. The number of hydrogen-bond donors (Lipinski definition) is 0. The summed E-state index contributed by atoms with van der Waals surface area (Å²) < 4.78 is 23.3. The number of benzene rings is 2.